The van der Waals surface area contributed by atoms with E-state index in [9.17, 15) is 14.7 Å². The number of esters is 1. The molecule has 4 aliphatic rings. The third kappa shape index (κ3) is 4.38. The largest absolute Gasteiger partial charge is 0.459 e. The zero-order valence-electron chi connectivity index (χ0n) is 17.9. The van der Waals surface area contributed by atoms with Gasteiger partial charge < -0.3 is 14.6 Å². The van der Waals surface area contributed by atoms with Crippen LogP contribution in [0.4, 0.5) is 4.79 Å². The molecule has 2 heterocycles. The number of carbonyl (C=O) groups excluding carboxylic acids is 2. The Hall–Kier alpha value is -2.34. The Bertz CT molecular complexity index is 824. The van der Waals surface area contributed by atoms with Crippen LogP contribution in [0.25, 0.3) is 0 Å². The van der Waals surface area contributed by atoms with Crippen molar-refractivity contribution >= 4 is 12.1 Å². The Labute approximate surface area is 177 Å². The van der Waals surface area contributed by atoms with Crippen LogP contribution < -0.4 is 0 Å². The fourth-order valence-corrected chi connectivity index (χ4v) is 4.55. The number of hydrogen-bond donors (Lipinski definition) is 1. The molecule has 0 unspecified atom stereocenters. The van der Waals surface area contributed by atoms with Gasteiger partial charge in [-0.1, -0.05) is 36.4 Å². The molecule has 0 spiro atoms. The molecule has 2 saturated heterocycles. The highest BCUT2D eigenvalue weighted by atomic mass is 16.6. The van der Waals surface area contributed by atoms with Gasteiger partial charge in [0.25, 0.3) is 0 Å². The predicted octanol–water partition coefficient (Wildman–Crippen LogP) is 3.83. The first-order chi connectivity index (χ1) is 14.2. The number of aliphatic hydroxyl groups is 1. The van der Waals surface area contributed by atoms with Crippen LogP contribution in [0.3, 0.4) is 0 Å². The molecule has 0 radical (unpaired) electrons. The second kappa shape index (κ2) is 8.06. The molecule has 4 fully saturated rings. The van der Waals surface area contributed by atoms with Gasteiger partial charge in [-0.05, 0) is 63.5 Å². The first-order valence-electron chi connectivity index (χ1n) is 10.9. The van der Waals surface area contributed by atoms with E-state index in [4.69, 9.17) is 9.47 Å². The lowest BCUT2D eigenvalue weighted by atomic mass is 9.69. The number of carbonyl (C=O) groups is 2. The monoisotopic (exact) mass is 413 g/mol. The van der Waals surface area contributed by atoms with Gasteiger partial charge in [0.05, 0.1) is 12.1 Å². The topological polar surface area (TPSA) is 76.1 Å². The molecule has 2 bridgehead atoms. The average Bonchev–Trinajstić information content (AvgIpc) is 3.51. The summed E-state index contributed by atoms with van der Waals surface area (Å²) >= 11 is 0. The number of rotatable bonds is 4. The van der Waals surface area contributed by atoms with Gasteiger partial charge in [-0.15, -0.1) is 0 Å². The lowest BCUT2D eigenvalue weighted by Crippen LogP contribution is -2.66. The van der Waals surface area contributed by atoms with Crippen LogP contribution in [-0.4, -0.2) is 45.9 Å². The van der Waals surface area contributed by atoms with E-state index < -0.39 is 29.8 Å². The summed E-state index contributed by atoms with van der Waals surface area (Å²) in [6.45, 7) is 5.57. The molecule has 1 aromatic rings. The number of fused-ring (bicyclic) bond motifs is 3. The Morgan fingerprint density at radius 3 is 2.47 bits per heavy atom. The summed E-state index contributed by atoms with van der Waals surface area (Å²) < 4.78 is 11.2. The number of allylic oxidation sites excluding steroid dienone is 1. The Morgan fingerprint density at radius 2 is 1.83 bits per heavy atom. The lowest BCUT2D eigenvalue weighted by molar-refractivity contribution is -0.162. The molecule has 2 aliphatic heterocycles. The third-order valence-corrected chi connectivity index (χ3v) is 6.07. The Balaban J connectivity index is 1.59. The van der Waals surface area contributed by atoms with Crippen molar-refractivity contribution in [2.24, 2.45) is 11.8 Å². The smallest absolute Gasteiger partial charge is 0.411 e. The van der Waals surface area contributed by atoms with E-state index in [1.54, 1.807) is 0 Å². The van der Waals surface area contributed by atoms with Crippen LogP contribution in [-0.2, 0) is 20.9 Å². The van der Waals surface area contributed by atoms with E-state index in [1.165, 1.54) is 4.90 Å². The maximum Gasteiger partial charge on any atom is 0.411 e. The minimum atomic E-state index is -0.839. The van der Waals surface area contributed by atoms with Gasteiger partial charge >= 0.3 is 12.1 Å². The summed E-state index contributed by atoms with van der Waals surface area (Å²) in [5.41, 5.74) is 1.07. The third-order valence-electron chi connectivity index (χ3n) is 6.07. The number of benzene rings is 1. The van der Waals surface area contributed by atoms with Crippen LogP contribution >= 0.6 is 0 Å². The first kappa shape index (κ1) is 20.9. The SMILES string of the molecule is CC(C)(C)OC(=O)N1[C@H](C(=O)OCc2ccccc2)[C@@H]2CC[C@H]1/C(=C\C1CC1)[C@H]2O. The van der Waals surface area contributed by atoms with Crippen molar-refractivity contribution in [2.45, 2.75) is 76.9 Å². The van der Waals surface area contributed by atoms with Crippen molar-refractivity contribution in [3.63, 3.8) is 0 Å². The lowest BCUT2D eigenvalue weighted by Gasteiger charge is -2.53. The normalized spacial score (nSPS) is 29.7. The number of piperidine rings is 2. The molecule has 2 saturated carbocycles. The number of ether oxygens (including phenoxy) is 2. The highest BCUT2D eigenvalue weighted by Crippen LogP contribution is 2.46. The fraction of sp³-hybridized carbons (Fsp3) is 0.583. The maximum absolute atomic E-state index is 13.1. The van der Waals surface area contributed by atoms with Gasteiger partial charge in [0, 0.05) is 5.92 Å². The second-order valence-corrected chi connectivity index (χ2v) is 9.63. The Kier molecular flexibility index (Phi) is 5.62. The van der Waals surface area contributed by atoms with Gasteiger partial charge in [-0.2, -0.15) is 0 Å². The van der Waals surface area contributed by atoms with Crippen molar-refractivity contribution in [2.75, 3.05) is 0 Å². The minimum absolute atomic E-state index is 0.136. The van der Waals surface area contributed by atoms with E-state index in [0.29, 0.717) is 12.3 Å². The molecule has 6 heteroatoms. The van der Waals surface area contributed by atoms with Crippen molar-refractivity contribution < 1.29 is 24.2 Å². The molecule has 6 nitrogen and oxygen atoms in total. The molecule has 1 N–H and O–H groups in total. The quantitative estimate of drug-likeness (QED) is 0.600. The van der Waals surface area contributed by atoms with Crippen LogP contribution in [0.2, 0.25) is 0 Å². The molecular formula is C24H31NO5. The molecule has 0 aromatic heterocycles. The zero-order chi connectivity index (χ0) is 21.5. The van der Waals surface area contributed by atoms with Crippen molar-refractivity contribution in [1.29, 1.82) is 0 Å². The summed E-state index contributed by atoms with van der Waals surface area (Å²) in [7, 11) is 0. The molecule has 4 atom stereocenters. The molecule has 2 aliphatic carbocycles. The van der Waals surface area contributed by atoms with Gasteiger partial charge in [-0.25, -0.2) is 9.59 Å². The number of aliphatic hydroxyl groups excluding tert-OH is 1. The summed E-state index contributed by atoms with van der Waals surface area (Å²) in [5.74, 6) is -0.391. The highest BCUT2D eigenvalue weighted by molar-refractivity contribution is 5.83. The predicted molar refractivity (Wildman–Crippen MR) is 111 cm³/mol. The number of amides is 1. The van der Waals surface area contributed by atoms with Crippen molar-refractivity contribution in [1.82, 2.24) is 4.90 Å². The van der Waals surface area contributed by atoms with Crippen LogP contribution in [0.5, 0.6) is 0 Å². The van der Waals surface area contributed by atoms with Crippen LogP contribution in [0.1, 0.15) is 52.0 Å². The molecular weight excluding hydrogens is 382 g/mol. The summed E-state index contributed by atoms with van der Waals surface area (Å²) in [6, 6.07) is 8.28. The standard InChI is InChI=1S/C24H31NO5/c1-24(2,3)30-23(28)25-19-12-11-17(21(26)18(19)13-15-9-10-15)20(25)22(27)29-14-16-7-5-4-6-8-16/h4-8,13,15,17,19-21,26H,9-12,14H2,1-3H3/b18-13+/t17-,19-,20-,21-/m0/s1. The highest BCUT2D eigenvalue weighted by Gasteiger charge is 2.56. The van der Waals surface area contributed by atoms with E-state index in [0.717, 1.165) is 30.4 Å². The van der Waals surface area contributed by atoms with E-state index in [2.05, 4.69) is 6.08 Å². The summed E-state index contributed by atoms with van der Waals surface area (Å²) in [4.78, 5) is 27.8. The molecule has 1 amide bonds. The zero-order valence-corrected chi connectivity index (χ0v) is 17.9. The average molecular weight is 414 g/mol. The maximum atomic E-state index is 13.1. The fourth-order valence-electron chi connectivity index (χ4n) is 4.55. The molecule has 1 aromatic carbocycles. The number of nitrogens with zero attached hydrogens (tertiary/aromatic N) is 1. The van der Waals surface area contributed by atoms with Gasteiger partial charge in [0.2, 0.25) is 0 Å². The molecule has 5 rings (SSSR count). The van der Waals surface area contributed by atoms with Gasteiger partial charge in [0.1, 0.15) is 18.2 Å². The Morgan fingerprint density at radius 1 is 1.13 bits per heavy atom. The molecule has 30 heavy (non-hydrogen) atoms. The van der Waals surface area contributed by atoms with Crippen molar-refractivity contribution in [3.8, 4) is 0 Å². The minimum Gasteiger partial charge on any atom is -0.459 e. The van der Waals surface area contributed by atoms with Crippen LogP contribution in [0, 0.1) is 11.8 Å². The van der Waals surface area contributed by atoms with Gasteiger partial charge in [-0.3, -0.25) is 4.90 Å². The van der Waals surface area contributed by atoms with E-state index in [-0.39, 0.29) is 18.6 Å². The van der Waals surface area contributed by atoms with Crippen molar-refractivity contribution in [3.05, 3.63) is 47.5 Å². The molecule has 162 valence electrons. The number of hydrogen-bond acceptors (Lipinski definition) is 5. The summed E-state index contributed by atoms with van der Waals surface area (Å²) in [6.07, 6.45) is 4.50. The van der Waals surface area contributed by atoms with Gasteiger partial charge in [0.15, 0.2) is 0 Å². The van der Waals surface area contributed by atoms with E-state index >= 15 is 0 Å². The summed E-state index contributed by atoms with van der Waals surface area (Å²) in [5, 5.41) is 11.0. The first-order valence-corrected chi connectivity index (χ1v) is 10.9. The van der Waals surface area contributed by atoms with E-state index in [1.807, 2.05) is 51.1 Å². The van der Waals surface area contributed by atoms with Crippen LogP contribution in [0.15, 0.2) is 42.0 Å². The second-order valence-electron chi connectivity index (χ2n) is 9.63.